The summed E-state index contributed by atoms with van der Waals surface area (Å²) in [5.74, 6) is -0.322. The van der Waals surface area contributed by atoms with Crippen LogP contribution in [0.4, 0.5) is 5.69 Å². The number of carbonyl (C=O) groups excluding carboxylic acids is 1. The Morgan fingerprint density at radius 2 is 1.94 bits per heavy atom. The second kappa shape index (κ2) is 5.75. The number of allylic oxidation sites excluding steroid dienone is 2. The number of carbonyl (C=O) groups is 1. The van der Waals surface area contributed by atoms with Gasteiger partial charge in [-0.1, -0.05) is 24.3 Å². The maximum atomic E-state index is 11.7. The second-order valence-electron chi connectivity index (χ2n) is 3.33. The highest BCUT2D eigenvalue weighted by Gasteiger charge is 2.08. The molecular weight excluding hydrogens is 202 g/mol. The number of para-hydroxylation sites is 1. The molecule has 1 aromatic rings. The minimum absolute atomic E-state index is 0.0177. The van der Waals surface area contributed by atoms with Gasteiger partial charge in [0.2, 0.25) is 0 Å². The predicted octanol–water partition coefficient (Wildman–Crippen LogP) is 3.03. The molecule has 0 aliphatic carbocycles. The van der Waals surface area contributed by atoms with Crippen molar-refractivity contribution in [2.45, 2.75) is 13.8 Å². The number of benzene rings is 1. The first kappa shape index (κ1) is 12.0. The maximum absolute atomic E-state index is 11.7. The number of aliphatic hydroxyl groups is 1. The summed E-state index contributed by atoms with van der Waals surface area (Å²) in [6, 6.07) is 9.12. The van der Waals surface area contributed by atoms with Crippen LogP contribution in [0, 0.1) is 0 Å². The number of aliphatic hydroxyl groups excluding tert-OH is 1. The molecular formula is C13H15NO2. The SMILES string of the molecule is CC=CC(O)=C(C)C(=O)Nc1ccccc1. The maximum Gasteiger partial charge on any atom is 0.255 e. The summed E-state index contributed by atoms with van der Waals surface area (Å²) in [6.45, 7) is 3.35. The lowest BCUT2D eigenvalue weighted by atomic mass is 10.2. The van der Waals surface area contributed by atoms with E-state index >= 15 is 0 Å². The number of rotatable bonds is 3. The van der Waals surface area contributed by atoms with Gasteiger partial charge in [-0.05, 0) is 32.1 Å². The number of hydrogen-bond donors (Lipinski definition) is 2. The highest BCUT2D eigenvalue weighted by Crippen LogP contribution is 2.09. The Morgan fingerprint density at radius 3 is 2.50 bits per heavy atom. The van der Waals surface area contributed by atoms with E-state index in [0.717, 1.165) is 0 Å². The van der Waals surface area contributed by atoms with Crippen molar-refractivity contribution in [3.8, 4) is 0 Å². The van der Waals surface area contributed by atoms with Gasteiger partial charge < -0.3 is 10.4 Å². The minimum atomic E-state index is -0.304. The van der Waals surface area contributed by atoms with E-state index in [1.165, 1.54) is 6.08 Å². The Labute approximate surface area is 95.1 Å². The molecule has 0 fully saturated rings. The zero-order chi connectivity index (χ0) is 12.0. The van der Waals surface area contributed by atoms with E-state index in [-0.39, 0.29) is 11.7 Å². The monoisotopic (exact) mass is 217 g/mol. The van der Waals surface area contributed by atoms with Gasteiger partial charge in [-0.15, -0.1) is 0 Å². The van der Waals surface area contributed by atoms with Crippen LogP contribution in [0.5, 0.6) is 0 Å². The molecule has 0 unspecified atom stereocenters. The van der Waals surface area contributed by atoms with Gasteiger partial charge in [0.15, 0.2) is 0 Å². The third-order valence-corrected chi connectivity index (χ3v) is 2.08. The van der Waals surface area contributed by atoms with Crippen LogP contribution in [0.3, 0.4) is 0 Å². The summed E-state index contributed by atoms with van der Waals surface area (Å²) >= 11 is 0. The molecule has 0 atom stereocenters. The molecule has 0 bridgehead atoms. The zero-order valence-corrected chi connectivity index (χ0v) is 9.40. The Morgan fingerprint density at radius 1 is 1.31 bits per heavy atom. The molecule has 84 valence electrons. The van der Waals surface area contributed by atoms with Crippen LogP contribution >= 0.6 is 0 Å². The van der Waals surface area contributed by atoms with Gasteiger partial charge in [-0.25, -0.2) is 0 Å². The zero-order valence-electron chi connectivity index (χ0n) is 9.40. The van der Waals surface area contributed by atoms with Crippen molar-refractivity contribution in [2.24, 2.45) is 0 Å². The van der Waals surface area contributed by atoms with Crippen LogP contribution in [0.1, 0.15) is 13.8 Å². The number of amides is 1. The molecule has 0 saturated heterocycles. The van der Waals surface area contributed by atoms with Gasteiger partial charge in [0, 0.05) is 5.69 Å². The lowest BCUT2D eigenvalue weighted by molar-refractivity contribution is -0.112. The van der Waals surface area contributed by atoms with Gasteiger partial charge in [-0.2, -0.15) is 0 Å². The summed E-state index contributed by atoms with van der Waals surface area (Å²) in [4.78, 5) is 11.7. The summed E-state index contributed by atoms with van der Waals surface area (Å²) in [5.41, 5.74) is 1.00. The molecule has 0 radical (unpaired) electrons. The van der Waals surface area contributed by atoms with E-state index in [4.69, 9.17) is 0 Å². The van der Waals surface area contributed by atoms with Crippen LogP contribution in [-0.2, 0) is 4.79 Å². The molecule has 2 N–H and O–H groups in total. The first-order valence-electron chi connectivity index (χ1n) is 5.04. The standard InChI is InChI=1S/C13H15NO2/c1-3-7-12(15)10(2)13(16)14-11-8-5-4-6-9-11/h3-9,15H,1-2H3,(H,14,16). The van der Waals surface area contributed by atoms with Crippen molar-refractivity contribution in [3.05, 3.63) is 53.8 Å². The minimum Gasteiger partial charge on any atom is -0.507 e. The third kappa shape index (κ3) is 3.28. The molecule has 3 heteroatoms. The van der Waals surface area contributed by atoms with Crippen molar-refractivity contribution in [2.75, 3.05) is 5.32 Å². The van der Waals surface area contributed by atoms with Gasteiger partial charge in [0.25, 0.3) is 5.91 Å². The highest BCUT2D eigenvalue weighted by molar-refractivity contribution is 6.03. The Bertz CT molecular complexity index is 419. The largest absolute Gasteiger partial charge is 0.507 e. The van der Waals surface area contributed by atoms with Gasteiger partial charge in [0.05, 0.1) is 5.57 Å². The number of hydrogen-bond acceptors (Lipinski definition) is 2. The van der Waals surface area contributed by atoms with Gasteiger partial charge >= 0.3 is 0 Å². The summed E-state index contributed by atoms with van der Waals surface area (Å²) < 4.78 is 0. The molecule has 0 aliphatic rings. The van der Waals surface area contributed by atoms with E-state index < -0.39 is 0 Å². The summed E-state index contributed by atoms with van der Waals surface area (Å²) in [5, 5.41) is 12.2. The molecule has 1 rings (SSSR count). The summed E-state index contributed by atoms with van der Waals surface area (Å²) in [7, 11) is 0. The van der Waals surface area contributed by atoms with Crippen LogP contribution in [0.25, 0.3) is 0 Å². The highest BCUT2D eigenvalue weighted by atomic mass is 16.3. The van der Waals surface area contributed by atoms with Crippen molar-refractivity contribution in [3.63, 3.8) is 0 Å². The van der Waals surface area contributed by atoms with Crippen molar-refractivity contribution < 1.29 is 9.90 Å². The van der Waals surface area contributed by atoms with E-state index in [1.807, 2.05) is 18.2 Å². The normalized spacial score (nSPS) is 12.4. The molecule has 0 aliphatic heterocycles. The first-order valence-corrected chi connectivity index (χ1v) is 5.04. The average molecular weight is 217 g/mol. The Balaban J connectivity index is 2.77. The molecule has 16 heavy (non-hydrogen) atoms. The smallest absolute Gasteiger partial charge is 0.255 e. The molecule has 1 aromatic carbocycles. The van der Waals surface area contributed by atoms with E-state index in [1.54, 1.807) is 32.1 Å². The summed E-state index contributed by atoms with van der Waals surface area (Å²) in [6.07, 6.45) is 3.16. The van der Waals surface area contributed by atoms with Gasteiger partial charge in [0.1, 0.15) is 5.76 Å². The fourth-order valence-electron chi connectivity index (χ4n) is 1.15. The third-order valence-electron chi connectivity index (χ3n) is 2.08. The van der Waals surface area contributed by atoms with Crippen LogP contribution in [-0.4, -0.2) is 11.0 Å². The molecule has 0 spiro atoms. The van der Waals surface area contributed by atoms with Crippen molar-refractivity contribution >= 4 is 11.6 Å². The number of anilines is 1. The van der Waals surface area contributed by atoms with Crippen molar-refractivity contribution in [1.82, 2.24) is 0 Å². The second-order valence-corrected chi connectivity index (χ2v) is 3.33. The fraction of sp³-hybridized carbons (Fsp3) is 0.154. The average Bonchev–Trinajstić information content (AvgIpc) is 2.29. The van der Waals surface area contributed by atoms with Crippen LogP contribution in [0.15, 0.2) is 53.8 Å². The fourth-order valence-corrected chi connectivity index (χ4v) is 1.15. The van der Waals surface area contributed by atoms with Crippen LogP contribution in [0.2, 0.25) is 0 Å². The lowest BCUT2D eigenvalue weighted by Gasteiger charge is -2.05. The molecule has 0 heterocycles. The molecule has 0 aromatic heterocycles. The van der Waals surface area contributed by atoms with Crippen LogP contribution < -0.4 is 5.32 Å². The molecule has 1 amide bonds. The van der Waals surface area contributed by atoms with E-state index in [2.05, 4.69) is 5.32 Å². The topological polar surface area (TPSA) is 49.3 Å². The Hall–Kier alpha value is -2.03. The van der Waals surface area contributed by atoms with Crippen molar-refractivity contribution in [1.29, 1.82) is 0 Å². The number of nitrogens with one attached hydrogen (secondary N) is 1. The van der Waals surface area contributed by atoms with E-state index in [9.17, 15) is 9.90 Å². The van der Waals surface area contributed by atoms with E-state index in [0.29, 0.717) is 11.3 Å². The quantitative estimate of drug-likeness (QED) is 0.464. The molecule has 3 nitrogen and oxygen atoms in total. The Kier molecular flexibility index (Phi) is 4.33. The first-order chi connectivity index (χ1) is 7.65. The lowest BCUT2D eigenvalue weighted by Crippen LogP contribution is -2.13. The molecule has 0 saturated carbocycles. The predicted molar refractivity (Wildman–Crippen MR) is 65.2 cm³/mol. The van der Waals surface area contributed by atoms with Gasteiger partial charge in [-0.3, -0.25) is 4.79 Å².